The summed E-state index contributed by atoms with van der Waals surface area (Å²) in [4.78, 5) is 18.6. The molecule has 0 N–H and O–H groups in total. The van der Waals surface area contributed by atoms with Gasteiger partial charge in [0.15, 0.2) is 17.5 Å². The molecule has 9 rings (SSSR count). The van der Waals surface area contributed by atoms with E-state index in [2.05, 4.69) is 15.0 Å². The third kappa shape index (κ3) is 7.13. The second kappa shape index (κ2) is 17.7. The highest BCUT2D eigenvalue weighted by Gasteiger charge is 2.29. The van der Waals surface area contributed by atoms with Gasteiger partial charge in [0.05, 0.1) is 0 Å². The highest BCUT2D eigenvalue weighted by atomic mass is 16.3. The molecule has 0 atom stereocenters. The smallest absolute Gasteiger partial charge is 0.226 e. The molecule has 0 amide bonds. The Balaban J connectivity index is 1.36. The third-order valence-electron chi connectivity index (χ3n) is 12.7. The quantitative estimate of drug-likeness (QED) is 0.162. The average molecular weight is 837 g/mol. The fraction of sp³-hybridized carbons (Fsp3) is 0. The van der Waals surface area contributed by atoms with Gasteiger partial charge in [0.1, 0.15) is 207 Å². The molecule has 6 aromatic carbocycles. The number of nitrogens with zero attached hydrogens (tertiary/aromatic N) is 5. The summed E-state index contributed by atoms with van der Waals surface area (Å²) < 4.78 is 7.70. The lowest BCUT2D eigenvalue weighted by Gasteiger charge is -2.25. The Morgan fingerprint density at radius 1 is 0.254 bits per heavy atom. The molecule has 0 fully saturated rings. The van der Waals surface area contributed by atoms with Crippen LogP contribution in [-0.4, -0.2) is 221 Å². The van der Waals surface area contributed by atoms with Crippen LogP contribution in [0.3, 0.4) is 0 Å². The zero-order chi connectivity index (χ0) is 52.2. The molecule has 50 radical (unpaired) electrons. The second-order valence-electron chi connectivity index (χ2n) is 16.5. The Kier molecular flexibility index (Phi) is 12.8. The van der Waals surface area contributed by atoms with E-state index < -0.39 is 0 Å². The standard InChI is InChI=1S/C40B25N5O/c41-7-1-2-8(42)18(52)27(61)29(63)34(2)70(33(1)28(62)26(60)17(7)51)35-16(50)6(14(48)23(57)30(35)64)40-66-32-15(49)5(13(47)31(65)36(32)71-40)39-68-37(3-9(43)19(53)24(58)20(54)10(3)44)67-38(69-39)4-11(45)21(55)25(59)22(56)12(4)46. The van der Waals surface area contributed by atoms with Crippen molar-refractivity contribution in [3.63, 3.8) is 0 Å². The van der Waals surface area contributed by atoms with E-state index in [9.17, 15) is 0 Å². The van der Waals surface area contributed by atoms with Gasteiger partial charge in [0, 0.05) is 39.0 Å². The number of oxazole rings is 1. The maximum atomic E-state index is 7.08. The van der Waals surface area contributed by atoms with Gasteiger partial charge in [-0.05, 0) is 10.8 Å². The predicted molar refractivity (Wildman–Crippen MR) is 318 cm³/mol. The van der Waals surface area contributed by atoms with Crippen molar-refractivity contribution in [2.45, 2.75) is 0 Å². The first-order valence-electron chi connectivity index (χ1n) is 20.3. The number of aromatic nitrogens is 5. The molecule has 0 unspecified atom stereocenters. The number of hydrogen-bond donors (Lipinski definition) is 0. The topological polar surface area (TPSA) is 69.6 Å². The van der Waals surface area contributed by atoms with Gasteiger partial charge < -0.3 is 8.98 Å². The van der Waals surface area contributed by atoms with Crippen LogP contribution in [0.5, 0.6) is 0 Å². The van der Waals surface area contributed by atoms with E-state index >= 15 is 0 Å². The molecule has 0 bridgehead atoms. The number of hydrogen-bond acceptors (Lipinski definition) is 5. The van der Waals surface area contributed by atoms with Crippen LogP contribution in [-0.2, 0) is 0 Å². The van der Waals surface area contributed by atoms with Crippen molar-refractivity contribution in [2.24, 2.45) is 0 Å². The summed E-state index contributed by atoms with van der Waals surface area (Å²) in [7, 11) is 163. The van der Waals surface area contributed by atoms with Crippen LogP contribution in [0.2, 0.25) is 0 Å². The monoisotopic (exact) mass is 841 g/mol. The van der Waals surface area contributed by atoms with E-state index in [4.69, 9.17) is 206 Å². The molecule has 266 valence electrons. The molecule has 0 spiro atoms. The minimum atomic E-state index is -0.315. The van der Waals surface area contributed by atoms with Gasteiger partial charge >= 0.3 is 0 Å². The lowest BCUT2D eigenvalue weighted by atomic mass is 9.60. The van der Waals surface area contributed by atoms with Crippen LogP contribution in [0.15, 0.2) is 4.42 Å². The summed E-state index contributed by atoms with van der Waals surface area (Å²) in [5.41, 5.74) is -4.20. The van der Waals surface area contributed by atoms with Crippen molar-refractivity contribution in [3.8, 4) is 51.3 Å². The minimum absolute atomic E-state index is 0.0375. The summed E-state index contributed by atoms with van der Waals surface area (Å²) in [5, 5.41) is 0.349. The first-order valence-corrected chi connectivity index (χ1v) is 20.3. The lowest BCUT2D eigenvalue weighted by molar-refractivity contribution is 0.623. The van der Waals surface area contributed by atoms with Crippen molar-refractivity contribution in [3.05, 3.63) is 0 Å². The Morgan fingerprint density at radius 2 is 0.549 bits per heavy atom. The fourth-order valence-electron chi connectivity index (χ4n) is 8.67. The summed E-state index contributed by atoms with van der Waals surface area (Å²) in [6.07, 6.45) is 0. The van der Waals surface area contributed by atoms with Crippen molar-refractivity contribution >= 4 is 366 Å². The Labute approximate surface area is 443 Å². The van der Waals surface area contributed by atoms with Crippen molar-refractivity contribution < 1.29 is 4.42 Å². The van der Waals surface area contributed by atoms with E-state index in [1.807, 2.05) is 0 Å². The molecule has 6 nitrogen and oxygen atoms in total. The van der Waals surface area contributed by atoms with E-state index in [1.165, 1.54) is 4.57 Å². The highest BCUT2D eigenvalue weighted by molar-refractivity contribution is 6.74. The van der Waals surface area contributed by atoms with Crippen LogP contribution in [0.4, 0.5) is 0 Å². The van der Waals surface area contributed by atoms with Gasteiger partial charge in [0.2, 0.25) is 5.89 Å². The highest BCUT2D eigenvalue weighted by Crippen LogP contribution is 2.28. The molecular formula is C40B25N5O. The van der Waals surface area contributed by atoms with Crippen molar-refractivity contribution in [1.82, 2.24) is 24.5 Å². The molecule has 71 heavy (non-hydrogen) atoms. The maximum Gasteiger partial charge on any atom is 0.226 e. The normalized spacial score (nSPS) is 11.7. The molecule has 9 aromatic rings. The Morgan fingerprint density at radius 3 is 0.944 bits per heavy atom. The van der Waals surface area contributed by atoms with Crippen LogP contribution in [0, 0.1) is 0 Å². The van der Waals surface area contributed by atoms with Crippen molar-refractivity contribution in [1.29, 1.82) is 0 Å². The summed E-state index contributed by atoms with van der Waals surface area (Å²) in [6, 6.07) is 0. The first kappa shape index (κ1) is 51.1. The van der Waals surface area contributed by atoms with E-state index in [-0.39, 0.29) is 221 Å². The van der Waals surface area contributed by atoms with Crippen LogP contribution < -0.4 is 137 Å². The van der Waals surface area contributed by atoms with Crippen LogP contribution in [0.1, 0.15) is 0 Å². The molecule has 0 aliphatic rings. The molecule has 3 aromatic heterocycles. The van der Waals surface area contributed by atoms with Gasteiger partial charge in [0.25, 0.3) is 0 Å². The fourth-order valence-corrected chi connectivity index (χ4v) is 8.67. The summed E-state index contributed by atoms with van der Waals surface area (Å²) >= 11 is 0. The van der Waals surface area contributed by atoms with Crippen molar-refractivity contribution in [2.75, 3.05) is 0 Å². The molecule has 0 saturated carbocycles. The maximum absolute atomic E-state index is 7.08. The van der Waals surface area contributed by atoms with E-state index in [0.29, 0.717) is 0 Å². The van der Waals surface area contributed by atoms with Crippen LogP contribution >= 0.6 is 0 Å². The van der Waals surface area contributed by atoms with E-state index in [1.54, 1.807) is 0 Å². The predicted octanol–water partition coefficient (Wildman–Crippen LogP) is -20.4. The molecule has 0 saturated heterocycles. The zero-order valence-electron chi connectivity index (χ0n) is 37.1. The number of fused-ring (bicyclic) bond motifs is 4. The zero-order valence-corrected chi connectivity index (χ0v) is 37.1. The summed E-state index contributed by atoms with van der Waals surface area (Å²) in [6.45, 7) is 0. The molecule has 0 aliphatic heterocycles. The minimum Gasteiger partial charge on any atom is -0.437 e. The SMILES string of the molecule is [B]c1c([B])c([B])c(-c2nc(-c3c([B])c([B])c([B])c([B])c3[B])nc(-c3c([B])c([B])c4oc(-c5c([B])c([B])c([B])c(-n6c7c([B])c([B])c([B])c([B])c7c7c([B])c([B])c([B])c([B])c76)c5[B])nc4c3[B])n2)c([B])c1[B]. The molecule has 0 aliphatic carbocycles. The number of benzene rings is 6. The van der Waals surface area contributed by atoms with E-state index in [0.717, 1.165) is 0 Å². The molecule has 3 heterocycles. The Bertz CT molecular complexity index is 3740. The molecule has 31 heteroatoms. The number of rotatable bonds is 5. The van der Waals surface area contributed by atoms with Gasteiger partial charge in [-0.2, -0.15) is 0 Å². The second-order valence-corrected chi connectivity index (χ2v) is 16.5. The summed E-state index contributed by atoms with van der Waals surface area (Å²) in [5.74, 6) is -1.14. The lowest BCUT2D eigenvalue weighted by Crippen LogP contribution is -2.55. The van der Waals surface area contributed by atoms with Crippen LogP contribution in [0.25, 0.3) is 84.2 Å². The average Bonchev–Trinajstić information content (AvgIpc) is 3.94. The van der Waals surface area contributed by atoms with Gasteiger partial charge in [-0.25, -0.2) is 19.9 Å². The third-order valence-corrected chi connectivity index (χ3v) is 12.7. The largest absolute Gasteiger partial charge is 0.437 e. The van der Waals surface area contributed by atoms with Gasteiger partial charge in [-0.15, -0.1) is 60.1 Å². The van der Waals surface area contributed by atoms with Gasteiger partial charge in [-0.3, -0.25) is 0 Å². The Hall–Kier alpha value is -4.78. The van der Waals surface area contributed by atoms with Gasteiger partial charge in [-0.1, -0.05) is 76.5 Å². The molecular weight excluding hydrogens is 837 g/mol. The first-order chi connectivity index (χ1) is 33.2.